The largest absolute Gasteiger partial charge is 0.466 e. The number of ether oxygens (including phenoxy) is 3. The second kappa shape index (κ2) is 20.9. The average Bonchev–Trinajstić information content (AvgIpc) is 3.33. The highest BCUT2D eigenvalue weighted by Gasteiger charge is 2.24. The number of aliphatic hydroxyl groups is 3. The van der Waals surface area contributed by atoms with E-state index < -0.39 is 5.41 Å². The summed E-state index contributed by atoms with van der Waals surface area (Å²) in [7, 11) is 0. The molecule has 9 heteroatoms. The van der Waals surface area contributed by atoms with E-state index in [4.69, 9.17) is 29.5 Å². The average molecular weight is 477 g/mol. The van der Waals surface area contributed by atoms with Crippen molar-refractivity contribution in [3.05, 3.63) is 0 Å². The molecule has 0 spiro atoms. The van der Waals surface area contributed by atoms with Crippen LogP contribution in [-0.4, -0.2) is 72.9 Å². The van der Waals surface area contributed by atoms with Crippen LogP contribution in [0.2, 0.25) is 0 Å². The van der Waals surface area contributed by atoms with Crippen molar-refractivity contribution in [2.24, 2.45) is 5.41 Å². The molecule has 194 valence electrons. The quantitative estimate of drug-likeness (QED) is 0.412. The van der Waals surface area contributed by atoms with E-state index in [2.05, 4.69) is 0 Å². The van der Waals surface area contributed by atoms with Crippen LogP contribution in [0.4, 0.5) is 0 Å². The summed E-state index contributed by atoms with van der Waals surface area (Å²) >= 11 is 0. The van der Waals surface area contributed by atoms with Crippen LogP contribution in [-0.2, 0) is 28.6 Å². The van der Waals surface area contributed by atoms with E-state index in [9.17, 15) is 14.4 Å². The standard InChI is InChI=1S/C6H14O3.3C6H10O2/c1-2-6(3-7,4-8)5-9;3*7-6-4-2-1-3-5-8-6/h7-9H,2-5H2,1H3;3*1-5H2. The van der Waals surface area contributed by atoms with Crippen molar-refractivity contribution in [2.75, 3.05) is 39.6 Å². The van der Waals surface area contributed by atoms with Crippen LogP contribution in [0.15, 0.2) is 0 Å². The Bertz CT molecular complexity index is 413. The molecular formula is C24H44O9. The minimum Gasteiger partial charge on any atom is -0.466 e. The van der Waals surface area contributed by atoms with E-state index in [1.165, 1.54) is 0 Å². The van der Waals surface area contributed by atoms with E-state index in [1.54, 1.807) is 0 Å². The maximum Gasteiger partial charge on any atom is 0.305 e. The first kappa shape index (κ1) is 31.3. The van der Waals surface area contributed by atoms with Gasteiger partial charge in [0.15, 0.2) is 0 Å². The molecule has 33 heavy (non-hydrogen) atoms. The monoisotopic (exact) mass is 476 g/mol. The molecule has 0 bridgehead atoms. The fourth-order valence-electron chi connectivity index (χ4n) is 2.90. The van der Waals surface area contributed by atoms with Gasteiger partial charge in [-0.1, -0.05) is 6.92 Å². The van der Waals surface area contributed by atoms with E-state index in [-0.39, 0.29) is 37.7 Å². The number of aliphatic hydroxyl groups excluding tert-OH is 3. The van der Waals surface area contributed by atoms with Crippen LogP contribution in [0.1, 0.15) is 90.4 Å². The van der Waals surface area contributed by atoms with Gasteiger partial charge >= 0.3 is 17.9 Å². The highest BCUT2D eigenvalue weighted by Crippen LogP contribution is 2.18. The van der Waals surface area contributed by atoms with Crippen LogP contribution in [0.25, 0.3) is 0 Å². The maximum atomic E-state index is 10.5. The molecule has 0 unspecified atom stereocenters. The molecule has 3 aliphatic heterocycles. The van der Waals surface area contributed by atoms with Gasteiger partial charge in [0.2, 0.25) is 0 Å². The Labute approximate surface area is 197 Å². The predicted molar refractivity (Wildman–Crippen MR) is 122 cm³/mol. The highest BCUT2D eigenvalue weighted by molar-refractivity contribution is 5.70. The van der Waals surface area contributed by atoms with Gasteiger partial charge in [-0.3, -0.25) is 14.4 Å². The zero-order chi connectivity index (χ0) is 24.8. The molecule has 3 heterocycles. The molecule has 0 saturated carbocycles. The summed E-state index contributed by atoms with van der Waals surface area (Å²) in [6.07, 6.45) is 12.1. The van der Waals surface area contributed by atoms with Gasteiger partial charge < -0.3 is 29.5 Å². The fraction of sp³-hybridized carbons (Fsp3) is 0.875. The van der Waals surface area contributed by atoms with Gasteiger partial charge in [0.05, 0.1) is 39.6 Å². The van der Waals surface area contributed by atoms with Crippen LogP contribution in [0.3, 0.4) is 0 Å². The van der Waals surface area contributed by atoms with Crippen molar-refractivity contribution in [1.82, 2.24) is 0 Å². The predicted octanol–water partition coefficient (Wildman–Crippen LogP) is 2.67. The molecule has 0 aliphatic carbocycles. The lowest BCUT2D eigenvalue weighted by Crippen LogP contribution is -2.32. The van der Waals surface area contributed by atoms with E-state index in [0.717, 1.165) is 57.8 Å². The fourth-order valence-corrected chi connectivity index (χ4v) is 2.90. The molecule has 0 radical (unpaired) electrons. The summed E-state index contributed by atoms with van der Waals surface area (Å²) < 4.78 is 14.3. The molecule has 3 fully saturated rings. The van der Waals surface area contributed by atoms with Gasteiger partial charge in [0, 0.05) is 24.7 Å². The molecule has 3 aliphatic rings. The highest BCUT2D eigenvalue weighted by atomic mass is 16.5. The zero-order valence-electron chi connectivity index (χ0n) is 20.2. The second-order valence-electron chi connectivity index (χ2n) is 8.42. The summed E-state index contributed by atoms with van der Waals surface area (Å²) in [5.74, 6) is -0.0764. The number of carbonyl (C=O) groups excluding carboxylic acids is 3. The Balaban J connectivity index is 0.000000414. The summed E-state index contributed by atoms with van der Waals surface area (Å²) in [6, 6.07) is 0. The molecule has 9 nitrogen and oxygen atoms in total. The summed E-state index contributed by atoms with van der Waals surface area (Å²) in [5.41, 5.74) is -0.667. The van der Waals surface area contributed by atoms with E-state index in [0.29, 0.717) is 45.5 Å². The van der Waals surface area contributed by atoms with Gasteiger partial charge in [0.25, 0.3) is 0 Å². The summed E-state index contributed by atoms with van der Waals surface area (Å²) in [4.78, 5) is 31.4. The minimum absolute atomic E-state index is 0.0255. The van der Waals surface area contributed by atoms with Crippen molar-refractivity contribution in [2.45, 2.75) is 90.4 Å². The molecule has 0 aromatic heterocycles. The zero-order valence-corrected chi connectivity index (χ0v) is 20.2. The summed E-state index contributed by atoms with van der Waals surface area (Å²) in [5, 5.41) is 26.0. The van der Waals surface area contributed by atoms with Crippen molar-refractivity contribution < 1.29 is 43.9 Å². The lowest BCUT2D eigenvalue weighted by molar-refractivity contribution is -0.143. The number of hydrogen-bond donors (Lipinski definition) is 3. The molecule has 3 saturated heterocycles. The summed E-state index contributed by atoms with van der Waals surface area (Å²) in [6.45, 7) is 3.27. The Hall–Kier alpha value is -1.71. The lowest BCUT2D eigenvalue weighted by atomic mass is 9.88. The SMILES string of the molecule is CCC(CO)(CO)CO.O=C1CCCCCO1.O=C1CCCCCO1.O=C1CCCCCO1. The molecule has 3 rings (SSSR count). The Morgan fingerprint density at radius 1 is 0.576 bits per heavy atom. The molecule has 0 aromatic rings. The molecule has 3 N–H and O–H groups in total. The third kappa shape index (κ3) is 17.4. The number of carbonyl (C=O) groups is 3. The Kier molecular flexibility index (Phi) is 19.8. The minimum atomic E-state index is -0.667. The van der Waals surface area contributed by atoms with Gasteiger partial charge in [-0.25, -0.2) is 0 Å². The molecular weight excluding hydrogens is 432 g/mol. The third-order valence-electron chi connectivity index (χ3n) is 5.62. The number of hydrogen-bond acceptors (Lipinski definition) is 9. The Morgan fingerprint density at radius 3 is 1.09 bits per heavy atom. The lowest BCUT2D eigenvalue weighted by Gasteiger charge is -2.24. The topological polar surface area (TPSA) is 140 Å². The first-order valence-electron chi connectivity index (χ1n) is 12.2. The van der Waals surface area contributed by atoms with Gasteiger partial charge in [-0.2, -0.15) is 0 Å². The molecule has 0 amide bonds. The van der Waals surface area contributed by atoms with Gasteiger partial charge in [0.1, 0.15) is 0 Å². The van der Waals surface area contributed by atoms with E-state index in [1.807, 2.05) is 6.92 Å². The molecule has 0 atom stereocenters. The van der Waals surface area contributed by atoms with E-state index >= 15 is 0 Å². The van der Waals surface area contributed by atoms with Crippen molar-refractivity contribution in [3.8, 4) is 0 Å². The second-order valence-corrected chi connectivity index (χ2v) is 8.42. The normalized spacial score (nSPS) is 19.1. The van der Waals surface area contributed by atoms with Gasteiger partial charge in [-0.15, -0.1) is 0 Å². The number of rotatable bonds is 4. The Morgan fingerprint density at radius 2 is 0.879 bits per heavy atom. The van der Waals surface area contributed by atoms with Gasteiger partial charge in [-0.05, 0) is 64.2 Å². The maximum absolute atomic E-state index is 10.5. The van der Waals surface area contributed by atoms with Crippen LogP contribution in [0.5, 0.6) is 0 Å². The van der Waals surface area contributed by atoms with Crippen molar-refractivity contribution in [1.29, 1.82) is 0 Å². The van der Waals surface area contributed by atoms with Crippen molar-refractivity contribution in [3.63, 3.8) is 0 Å². The van der Waals surface area contributed by atoms with Crippen molar-refractivity contribution >= 4 is 17.9 Å². The number of esters is 3. The first-order valence-corrected chi connectivity index (χ1v) is 12.2. The number of cyclic esters (lactones) is 3. The van der Waals surface area contributed by atoms with Crippen LogP contribution >= 0.6 is 0 Å². The van der Waals surface area contributed by atoms with Crippen LogP contribution in [0, 0.1) is 5.41 Å². The smallest absolute Gasteiger partial charge is 0.305 e. The first-order chi connectivity index (χ1) is 15.9. The third-order valence-corrected chi connectivity index (χ3v) is 5.62. The molecule has 0 aromatic carbocycles. The van der Waals surface area contributed by atoms with Crippen LogP contribution < -0.4 is 0 Å².